The molecule has 0 aliphatic carbocycles. The summed E-state index contributed by atoms with van der Waals surface area (Å²) in [6.45, 7) is 6.04. The highest BCUT2D eigenvalue weighted by molar-refractivity contribution is 7.91. The Labute approximate surface area is 229 Å². The number of hydrogen-bond acceptors (Lipinski definition) is 6. The third-order valence-electron chi connectivity index (χ3n) is 6.35. The highest BCUT2D eigenvalue weighted by atomic mass is 32.2. The second kappa shape index (κ2) is 12.9. The molecule has 0 amide bonds. The summed E-state index contributed by atoms with van der Waals surface area (Å²) >= 11 is 0. The van der Waals surface area contributed by atoms with Crippen LogP contribution < -0.4 is 10.2 Å². The molecular formula is C28H38F2N4O4S. The molecule has 2 aromatic carbocycles. The summed E-state index contributed by atoms with van der Waals surface area (Å²) in [5.74, 6) is -1.18. The van der Waals surface area contributed by atoms with Gasteiger partial charge in [-0.15, -0.1) is 0 Å². The van der Waals surface area contributed by atoms with Crippen LogP contribution >= 0.6 is 0 Å². The summed E-state index contributed by atoms with van der Waals surface area (Å²) in [7, 11) is 1.33. The summed E-state index contributed by atoms with van der Waals surface area (Å²) in [5.41, 5.74) is 3.11. The van der Waals surface area contributed by atoms with Gasteiger partial charge in [-0.25, -0.2) is 22.6 Å². The van der Waals surface area contributed by atoms with Crippen molar-refractivity contribution in [2.24, 2.45) is 4.99 Å². The lowest BCUT2D eigenvalue weighted by Crippen LogP contribution is -2.37. The summed E-state index contributed by atoms with van der Waals surface area (Å²) in [6, 6.07) is 7.09. The Hall–Kier alpha value is -3.02. The lowest BCUT2D eigenvalue weighted by Gasteiger charge is -2.25. The van der Waals surface area contributed by atoms with Gasteiger partial charge in [-0.2, -0.15) is 0 Å². The molecule has 0 unspecified atom stereocenters. The van der Waals surface area contributed by atoms with Gasteiger partial charge in [0.2, 0.25) is 0 Å². The maximum absolute atomic E-state index is 15.4. The second-order valence-corrected chi connectivity index (χ2v) is 12.2. The minimum absolute atomic E-state index is 0.0209. The number of unbranched alkanes of at least 4 members (excludes halogenated alkanes) is 1. The number of fused-ring (bicyclic) bond motifs is 1. The molecule has 2 N–H and O–H groups in total. The molecule has 0 radical (unpaired) electrons. The number of rotatable bonds is 13. The molecule has 0 aliphatic rings. The van der Waals surface area contributed by atoms with Crippen LogP contribution in [0.5, 0.6) is 11.5 Å². The van der Waals surface area contributed by atoms with Crippen molar-refractivity contribution in [2.45, 2.75) is 45.6 Å². The smallest absolute Gasteiger partial charge is 0.168 e. The van der Waals surface area contributed by atoms with Crippen LogP contribution in [0.4, 0.5) is 8.78 Å². The van der Waals surface area contributed by atoms with Gasteiger partial charge in [-0.05, 0) is 51.0 Å². The molecule has 8 nitrogen and oxygen atoms in total. The van der Waals surface area contributed by atoms with Gasteiger partial charge in [0.05, 0.1) is 22.7 Å². The first-order valence-corrected chi connectivity index (χ1v) is 14.7. The Morgan fingerprint density at radius 3 is 2.59 bits per heavy atom. The van der Waals surface area contributed by atoms with Gasteiger partial charge >= 0.3 is 0 Å². The zero-order valence-corrected chi connectivity index (χ0v) is 24.2. The fourth-order valence-corrected chi connectivity index (χ4v) is 6.19. The maximum atomic E-state index is 15.4. The number of hydrazine groups is 1. The Bertz CT molecular complexity index is 1420. The number of nitrogens with one attached hydrogen (secondary N) is 2. The molecule has 3 aromatic rings. The van der Waals surface area contributed by atoms with Gasteiger partial charge in [-0.1, -0.05) is 13.3 Å². The van der Waals surface area contributed by atoms with E-state index in [4.69, 9.17) is 9.47 Å². The molecule has 0 bridgehead atoms. The fraction of sp³-hybridized carbons (Fsp3) is 0.464. The first-order chi connectivity index (χ1) is 18.4. The normalized spacial score (nSPS) is 12.8. The number of aryl methyl sites for hydroxylation is 1. The van der Waals surface area contributed by atoms with Crippen molar-refractivity contribution < 1.29 is 26.7 Å². The molecule has 0 atom stereocenters. The van der Waals surface area contributed by atoms with E-state index in [9.17, 15) is 12.8 Å². The molecule has 1 heterocycles. The number of nitrogens with zero attached hydrogens (tertiary/aromatic N) is 2. The predicted molar refractivity (Wildman–Crippen MR) is 151 cm³/mol. The monoisotopic (exact) mass is 564 g/mol. The number of ether oxygens (including phenoxy) is 2. The number of aliphatic imine (C=N–C) groups is 1. The first-order valence-electron chi connectivity index (χ1n) is 12.9. The molecule has 214 valence electrons. The number of sulfone groups is 1. The van der Waals surface area contributed by atoms with E-state index in [-0.39, 0.29) is 35.0 Å². The van der Waals surface area contributed by atoms with E-state index in [0.717, 1.165) is 12.8 Å². The van der Waals surface area contributed by atoms with E-state index in [1.807, 2.05) is 6.92 Å². The van der Waals surface area contributed by atoms with Crippen molar-refractivity contribution in [1.29, 1.82) is 0 Å². The molecule has 0 aliphatic heterocycles. The summed E-state index contributed by atoms with van der Waals surface area (Å²) in [4.78, 5) is 7.12. The molecule has 1 aromatic heterocycles. The average Bonchev–Trinajstić information content (AvgIpc) is 3.33. The fourth-order valence-electron chi connectivity index (χ4n) is 4.39. The van der Waals surface area contributed by atoms with E-state index in [1.165, 1.54) is 31.3 Å². The molecule has 0 spiro atoms. The van der Waals surface area contributed by atoms with Crippen molar-refractivity contribution in [1.82, 2.24) is 15.4 Å². The quantitative estimate of drug-likeness (QED) is 0.128. The summed E-state index contributed by atoms with van der Waals surface area (Å²) < 4.78 is 68.0. The predicted octanol–water partition coefficient (Wildman–Crippen LogP) is 5.23. The molecule has 3 rings (SSSR count). The lowest BCUT2D eigenvalue weighted by atomic mass is 10.1. The lowest BCUT2D eigenvalue weighted by molar-refractivity contribution is -0.00158. The minimum Gasteiger partial charge on any atom is -0.454 e. The van der Waals surface area contributed by atoms with Gasteiger partial charge in [0.15, 0.2) is 21.4 Å². The number of H-pyrrole nitrogens is 1. The molecule has 11 heteroatoms. The van der Waals surface area contributed by atoms with E-state index < -0.39 is 27.1 Å². The number of hydrogen-bond donors (Lipinski definition) is 2. The number of aromatic amines is 1. The van der Waals surface area contributed by atoms with Crippen molar-refractivity contribution in [3.05, 3.63) is 59.3 Å². The van der Waals surface area contributed by atoms with E-state index in [0.29, 0.717) is 28.9 Å². The second-order valence-electron chi connectivity index (χ2n) is 9.98. The number of benzene rings is 2. The zero-order valence-electron chi connectivity index (χ0n) is 23.4. The molecule has 0 fully saturated rings. The van der Waals surface area contributed by atoms with Gasteiger partial charge in [0.1, 0.15) is 17.4 Å². The van der Waals surface area contributed by atoms with Crippen LogP contribution in [0.1, 0.15) is 44.7 Å². The van der Waals surface area contributed by atoms with E-state index in [1.54, 1.807) is 45.2 Å². The average molecular weight is 565 g/mol. The van der Waals surface area contributed by atoms with E-state index >= 15 is 4.39 Å². The van der Waals surface area contributed by atoms with Gasteiger partial charge < -0.3 is 14.5 Å². The number of halogens is 2. The number of aromatic nitrogens is 1. The Balaban J connectivity index is 1.93. The standard InChI is InChI=1S/C28H38F2N4O4S/c1-7-8-14-37-28(2,3)18-39(35,36)15-12-21-20-11-13-33-25(20)17-24(30)26(21)38-19-9-10-23(29)22(16-19)27(31-4)34(6)32-5/h9-11,13,16-17,32-33H,7-8,12,14-15,18H2,1-6H3/b31-27-. The topological polar surface area (TPSA) is 96.0 Å². The van der Waals surface area contributed by atoms with Crippen LogP contribution in [-0.2, 0) is 21.0 Å². The highest BCUT2D eigenvalue weighted by Crippen LogP contribution is 2.35. The Kier molecular flexibility index (Phi) is 10.1. The first kappa shape index (κ1) is 30.5. The van der Waals surface area contributed by atoms with Crippen LogP contribution in [-0.4, -0.2) is 69.1 Å². The molecule has 0 saturated carbocycles. The Morgan fingerprint density at radius 2 is 1.92 bits per heavy atom. The largest absolute Gasteiger partial charge is 0.454 e. The minimum atomic E-state index is -3.56. The van der Waals surface area contributed by atoms with Crippen molar-refractivity contribution in [3.8, 4) is 11.5 Å². The van der Waals surface area contributed by atoms with Crippen LogP contribution in [0.3, 0.4) is 0 Å². The highest BCUT2D eigenvalue weighted by Gasteiger charge is 2.28. The van der Waals surface area contributed by atoms with E-state index in [2.05, 4.69) is 15.4 Å². The molecule has 0 saturated heterocycles. The van der Waals surface area contributed by atoms with Gasteiger partial charge in [0.25, 0.3) is 0 Å². The van der Waals surface area contributed by atoms with Gasteiger partial charge in [-0.3, -0.25) is 10.0 Å². The Morgan fingerprint density at radius 1 is 1.18 bits per heavy atom. The number of amidine groups is 1. The third kappa shape index (κ3) is 7.77. The zero-order chi connectivity index (χ0) is 28.8. The van der Waals surface area contributed by atoms with Crippen LogP contribution in [0.25, 0.3) is 10.9 Å². The van der Waals surface area contributed by atoms with Crippen molar-refractivity contribution >= 4 is 26.6 Å². The summed E-state index contributed by atoms with van der Waals surface area (Å²) in [5, 5.41) is 2.19. The van der Waals surface area contributed by atoms with Gasteiger partial charge in [0, 0.05) is 56.5 Å². The SMILES string of the molecule is CCCCOC(C)(C)CS(=O)(=O)CCc1c(Oc2ccc(F)c(/C(=N/C)N(C)NC)c2)c(F)cc2[nH]ccc12. The van der Waals surface area contributed by atoms with Crippen LogP contribution in [0.15, 0.2) is 41.5 Å². The summed E-state index contributed by atoms with van der Waals surface area (Å²) in [6.07, 6.45) is 3.48. The third-order valence-corrected chi connectivity index (χ3v) is 8.31. The van der Waals surface area contributed by atoms with Crippen LogP contribution in [0.2, 0.25) is 0 Å². The molecular weight excluding hydrogens is 526 g/mol. The van der Waals surface area contributed by atoms with Crippen molar-refractivity contribution in [3.63, 3.8) is 0 Å². The van der Waals surface area contributed by atoms with Crippen molar-refractivity contribution in [2.75, 3.05) is 39.3 Å². The van der Waals surface area contributed by atoms with Crippen LogP contribution in [0, 0.1) is 11.6 Å². The maximum Gasteiger partial charge on any atom is 0.168 e. The molecule has 39 heavy (non-hydrogen) atoms.